The summed E-state index contributed by atoms with van der Waals surface area (Å²) in [5.74, 6) is -0.826. The summed E-state index contributed by atoms with van der Waals surface area (Å²) in [6, 6.07) is 8.49. The first-order valence-corrected chi connectivity index (χ1v) is 10.4. The van der Waals surface area contributed by atoms with E-state index in [9.17, 15) is 9.18 Å². The number of benzene rings is 2. The van der Waals surface area contributed by atoms with Crippen LogP contribution in [0.2, 0.25) is 5.02 Å². The van der Waals surface area contributed by atoms with Gasteiger partial charge in [0.25, 0.3) is 5.91 Å². The number of amides is 1. The number of aryl methyl sites for hydroxylation is 1. The highest BCUT2D eigenvalue weighted by Gasteiger charge is 2.31. The molecule has 0 aliphatic carbocycles. The van der Waals surface area contributed by atoms with Crippen LogP contribution in [0.25, 0.3) is 5.57 Å². The van der Waals surface area contributed by atoms with Crippen LogP contribution in [0.1, 0.15) is 61.2 Å². The number of anilines is 1. The Kier molecular flexibility index (Phi) is 6.32. The molecule has 158 valence electrons. The molecule has 1 N–H and O–H groups in total. The number of carbonyl (C=O) groups is 1. The van der Waals surface area contributed by atoms with E-state index in [4.69, 9.17) is 11.6 Å². The summed E-state index contributed by atoms with van der Waals surface area (Å²) in [5.41, 5.74) is 6.77. The quantitative estimate of drug-likeness (QED) is 0.472. The average molecular weight is 428 g/mol. The number of allylic oxidation sites excluding steroid dienone is 1. The molecule has 1 aliphatic rings. The summed E-state index contributed by atoms with van der Waals surface area (Å²) in [4.78, 5) is 14.5. The first kappa shape index (κ1) is 22.0. The Hall–Kier alpha value is -2.66. The molecule has 1 heterocycles. The number of halogens is 2. The molecule has 0 unspecified atom stereocenters. The van der Waals surface area contributed by atoms with E-state index in [2.05, 4.69) is 42.3 Å². The maximum Gasteiger partial charge on any atom is 0.272 e. The van der Waals surface area contributed by atoms with Crippen LogP contribution in [0.15, 0.2) is 41.5 Å². The number of rotatable bonds is 5. The molecular weight excluding hydrogens is 401 g/mol. The molecule has 0 atom stereocenters. The number of hydrogen-bond acceptors (Lipinski definition) is 3. The molecule has 1 amide bonds. The molecule has 1 aliphatic heterocycles. The van der Waals surface area contributed by atoms with Crippen LogP contribution in [0.4, 0.5) is 10.1 Å². The summed E-state index contributed by atoms with van der Waals surface area (Å²) in [6.45, 7) is 11.1. The van der Waals surface area contributed by atoms with Crippen LogP contribution >= 0.6 is 11.6 Å². The molecule has 0 fully saturated rings. The van der Waals surface area contributed by atoms with Crippen molar-refractivity contribution in [3.63, 3.8) is 0 Å². The van der Waals surface area contributed by atoms with E-state index in [0.717, 1.165) is 35.4 Å². The summed E-state index contributed by atoms with van der Waals surface area (Å²) >= 11 is 6.12. The van der Waals surface area contributed by atoms with Gasteiger partial charge >= 0.3 is 0 Å². The van der Waals surface area contributed by atoms with Crippen LogP contribution in [-0.2, 0) is 0 Å². The number of fused-ring (bicyclic) bond motifs is 1. The minimum Gasteiger partial charge on any atom is -0.362 e. The molecule has 0 aromatic heterocycles. The van der Waals surface area contributed by atoms with Crippen molar-refractivity contribution in [1.82, 2.24) is 5.43 Å². The number of nitrogens with zero attached hydrogens (tertiary/aromatic N) is 2. The van der Waals surface area contributed by atoms with Gasteiger partial charge in [-0.25, -0.2) is 9.82 Å². The Labute approximate surface area is 182 Å². The third-order valence-corrected chi connectivity index (χ3v) is 5.59. The Morgan fingerprint density at radius 2 is 2.00 bits per heavy atom. The van der Waals surface area contributed by atoms with Gasteiger partial charge in [0, 0.05) is 23.4 Å². The second kappa shape index (κ2) is 8.60. The maximum atomic E-state index is 14.9. The fourth-order valence-corrected chi connectivity index (χ4v) is 4.19. The van der Waals surface area contributed by atoms with E-state index < -0.39 is 5.91 Å². The van der Waals surface area contributed by atoms with Crippen molar-refractivity contribution >= 4 is 35.0 Å². The lowest BCUT2D eigenvalue weighted by Crippen LogP contribution is -2.45. The van der Waals surface area contributed by atoms with Crippen LogP contribution in [0, 0.1) is 12.7 Å². The second-order valence-corrected chi connectivity index (χ2v) is 8.61. The van der Waals surface area contributed by atoms with Gasteiger partial charge in [-0.2, -0.15) is 5.10 Å². The predicted molar refractivity (Wildman–Crippen MR) is 123 cm³/mol. The molecule has 4 nitrogen and oxygen atoms in total. The molecule has 2 aromatic rings. The molecule has 0 bridgehead atoms. The molecular formula is C24H27ClFN3O. The van der Waals surface area contributed by atoms with Gasteiger partial charge in [0.2, 0.25) is 0 Å². The van der Waals surface area contributed by atoms with Gasteiger partial charge < -0.3 is 4.90 Å². The van der Waals surface area contributed by atoms with Crippen LogP contribution in [0.5, 0.6) is 0 Å². The minimum atomic E-state index is -0.443. The zero-order valence-electron chi connectivity index (χ0n) is 18.0. The third kappa shape index (κ3) is 4.41. The number of carbonyl (C=O) groups excluding carboxylic acids is 1. The fourth-order valence-electron chi connectivity index (χ4n) is 3.87. The van der Waals surface area contributed by atoms with E-state index in [0.29, 0.717) is 16.1 Å². The largest absolute Gasteiger partial charge is 0.362 e. The zero-order chi connectivity index (χ0) is 22.1. The van der Waals surface area contributed by atoms with Gasteiger partial charge in [-0.05, 0) is 69.5 Å². The van der Waals surface area contributed by atoms with Gasteiger partial charge in [-0.3, -0.25) is 4.79 Å². The summed E-state index contributed by atoms with van der Waals surface area (Å²) in [7, 11) is 0. The number of hydrogen-bond donors (Lipinski definition) is 1. The smallest absolute Gasteiger partial charge is 0.272 e. The van der Waals surface area contributed by atoms with Gasteiger partial charge in [-0.15, -0.1) is 0 Å². The van der Waals surface area contributed by atoms with Crippen molar-refractivity contribution in [3.8, 4) is 0 Å². The molecule has 6 heteroatoms. The monoisotopic (exact) mass is 427 g/mol. The van der Waals surface area contributed by atoms with Crippen LogP contribution < -0.4 is 10.3 Å². The lowest BCUT2D eigenvalue weighted by Gasteiger charge is -2.43. The minimum absolute atomic E-state index is 0.184. The van der Waals surface area contributed by atoms with Gasteiger partial charge in [0.05, 0.1) is 22.3 Å². The Morgan fingerprint density at radius 1 is 1.27 bits per heavy atom. The highest BCUT2D eigenvalue weighted by molar-refractivity contribution is 6.33. The molecule has 2 aromatic carbocycles. The maximum absolute atomic E-state index is 14.9. The van der Waals surface area contributed by atoms with E-state index in [1.54, 1.807) is 30.3 Å². The van der Waals surface area contributed by atoms with Crippen molar-refractivity contribution in [2.24, 2.45) is 5.10 Å². The van der Waals surface area contributed by atoms with Crippen molar-refractivity contribution in [3.05, 3.63) is 69.5 Å². The number of hydrazone groups is 1. The molecule has 0 saturated carbocycles. The summed E-state index contributed by atoms with van der Waals surface area (Å²) in [5, 5.41) is 4.29. The van der Waals surface area contributed by atoms with Crippen molar-refractivity contribution in [1.29, 1.82) is 0 Å². The van der Waals surface area contributed by atoms with Crippen LogP contribution in [0.3, 0.4) is 0 Å². The average Bonchev–Trinajstić information content (AvgIpc) is 2.65. The van der Waals surface area contributed by atoms with E-state index in [1.165, 1.54) is 6.21 Å². The Bertz CT molecular complexity index is 1040. The molecule has 0 spiro atoms. The standard InChI is InChI=1S/C24H27ClFN3O/c1-6-9-29-22-12-21(26)17(11-19(22)16(3)13-24(29,4)5)14-27-28-23(30)18-8-7-15(2)10-20(18)25/h7-8,10-14H,6,9H2,1-5H3,(H,28,30)/b27-14-. The van der Waals surface area contributed by atoms with Crippen molar-refractivity contribution < 1.29 is 9.18 Å². The predicted octanol–water partition coefficient (Wildman–Crippen LogP) is 5.96. The van der Waals surface area contributed by atoms with E-state index in [-0.39, 0.29) is 11.4 Å². The lowest BCUT2D eigenvalue weighted by molar-refractivity contribution is 0.0955. The normalized spacial score (nSPS) is 15.2. The Balaban J connectivity index is 1.86. The van der Waals surface area contributed by atoms with E-state index >= 15 is 0 Å². The molecule has 0 radical (unpaired) electrons. The lowest BCUT2D eigenvalue weighted by atomic mass is 9.88. The SMILES string of the molecule is CCCN1c2cc(F)c(/C=N\NC(=O)c3ccc(C)cc3Cl)cc2C(C)=CC1(C)C. The summed E-state index contributed by atoms with van der Waals surface area (Å²) < 4.78 is 14.9. The van der Waals surface area contributed by atoms with E-state index in [1.807, 2.05) is 13.8 Å². The third-order valence-electron chi connectivity index (χ3n) is 5.28. The first-order valence-electron chi connectivity index (χ1n) is 10.0. The zero-order valence-corrected chi connectivity index (χ0v) is 18.8. The second-order valence-electron chi connectivity index (χ2n) is 8.21. The van der Waals surface area contributed by atoms with Gasteiger partial charge in [0.1, 0.15) is 5.82 Å². The molecule has 30 heavy (non-hydrogen) atoms. The Morgan fingerprint density at radius 3 is 2.67 bits per heavy atom. The highest BCUT2D eigenvalue weighted by atomic mass is 35.5. The highest BCUT2D eigenvalue weighted by Crippen LogP contribution is 2.40. The van der Waals surface area contributed by atoms with Crippen LogP contribution in [-0.4, -0.2) is 24.2 Å². The topological polar surface area (TPSA) is 44.7 Å². The number of nitrogens with one attached hydrogen (secondary N) is 1. The van der Waals surface area contributed by atoms with Crippen molar-refractivity contribution in [2.45, 2.75) is 46.6 Å². The summed E-state index contributed by atoms with van der Waals surface area (Å²) in [6.07, 6.45) is 4.49. The van der Waals surface area contributed by atoms with Gasteiger partial charge in [0.15, 0.2) is 0 Å². The molecule has 3 rings (SSSR count). The molecule has 0 saturated heterocycles. The first-order chi connectivity index (χ1) is 14.1. The van der Waals surface area contributed by atoms with Gasteiger partial charge in [-0.1, -0.05) is 30.7 Å². The van der Waals surface area contributed by atoms with Crippen molar-refractivity contribution in [2.75, 3.05) is 11.4 Å². The fraction of sp³-hybridized carbons (Fsp3) is 0.333.